The molecule has 0 atom stereocenters. The Morgan fingerprint density at radius 3 is 2.71 bits per heavy atom. The number of nitrogen functional groups attached to an aromatic ring is 1. The Morgan fingerprint density at radius 2 is 2.06 bits per heavy atom. The van der Waals surface area contributed by atoms with Crippen LogP contribution >= 0.6 is 15.9 Å². The van der Waals surface area contributed by atoms with Gasteiger partial charge in [0.2, 0.25) is 5.91 Å². The lowest BCUT2D eigenvalue weighted by atomic mass is 9.88. The van der Waals surface area contributed by atoms with Crippen molar-refractivity contribution in [3.8, 4) is 0 Å². The van der Waals surface area contributed by atoms with Crippen LogP contribution in [-0.2, 0) is 4.79 Å². The number of carbonyl (C=O) groups excluding carboxylic acids is 1. The van der Waals surface area contributed by atoms with Gasteiger partial charge in [-0.1, -0.05) is 19.8 Å². The van der Waals surface area contributed by atoms with E-state index in [-0.39, 0.29) is 11.3 Å². The number of halogens is 1. The minimum absolute atomic E-state index is 0.0984. The number of hydrogen-bond donors (Lipinski definition) is 2. The summed E-state index contributed by atoms with van der Waals surface area (Å²) in [5.74, 6) is 0.0984. The molecule has 2 rings (SSSR count). The molecule has 0 spiro atoms. The first kappa shape index (κ1) is 12.4. The zero-order chi connectivity index (χ0) is 12.5. The van der Waals surface area contributed by atoms with Gasteiger partial charge in [-0.05, 0) is 47.0 Å². The van der Waals surface area contributed by atoms with Crippen LogP contribution in [0.15, 0.2) is 22.7 Å². The predicted octanol–water partition coefficient (Wildman–Crippen LogP) is 3.55. The minimum atomic E-state index is -0.218. The van der Waals surface area contributed by atoms with Crippen molar-refractivity contribution in [2.75, 3.05) is 11.1 Å². The molecule has 92 valence electrons. The molecule has 0 unspecified atom stereocenters. The summed E-state index contributed by atoms with van der Waals surface area (Å²) in [5, 5.41) is 2.97. The molecule has 1 fully saturated rings. The molecular formula is C13H17BrN2O. The van der Waals surface area contributed by atoms with Gasteiger partial charge in [-0.25, -0.2) is 0 Å². The molecule has 0 bridgehead atoms. The van der Waals surface area contributed by atoms with Crippen molar-refractivity contribution < 1.29 is 4.79 Å². The van der Waals surface area contributed by atoms with Crippen molar-refractivity contribution in [2.24, 2.45) is 5.41 Å². The number of amides is 1. The summed E-state index contributed by atoms with van der Waals surface area (Å²) in [6.45, 7) is 2.04. The van der Waals surface area contributed by atoms with Gasteiger partial charge in [-0.2, -0.15) is 0 Å². The van der Waals surface area contributed by atoms with Crippen LogP contribution in [-0.4, -0.2) is 5.91 Å². The van der Waals surface area contributed by atoms with Crippen molar-refractivity contribution in [1.82, 2.24) is 0 Å². The van der Waals surface area contributed by atoms with E-state index in [2.05, 4.69) is 21.2 Å². The van der Waals surface area contributed by atoms with Crippen molar-refractivity contribution >= 4 is 33.2 Å². The van der Waals surface area contributed by atoms with Crippen LogP contribution in [0.5, 0.6) is 0 Å². The summed E-state index contributed by atoms with van der Waals surface area (Å²) < 4.78 is 0.863. The number of hydrogen-bond acceptors (Lipinski definition) is 2. The molecule has 1 aliphatic carbocycles. The lowest BCUT2D eigenvalue weighted by molar-refractivity contribution is -0.124. The number of nitrogens with one attached hydrogen (secondary N) is 1. The quantitative estimate of drug-likeness (QED) is 0.820. The Balaban J connectivity index is 2.15. The van der Waals surface area contributed by atoms with Crippen LogP contribution < -0.4 is 11.1 Å². The van der Waals surface area contributed by atoms with E-state index in [9.17, 15) is 4.79 Å². The topological polar surface area (TPSA) is 55.1 Å². The van der Waals surface area contributed by atoms with Gasteiger partial charge in [0.05, 0.1) is 5.69 Å². The molecule has 0 heterocycles. The van der Waals surface area contributed by atoms with E-state index in [0.29, 0.717) is 5.69 Å². The van der Waals surface area contributed by atoms with Gasteiger partial charge in [0.1, 0.15) is 0 Å². The van der Waals surface area contributed by atoms with Gasteiger partial charge in [-0.3, -0.25) is 4.79 Å². The predicted molar refractivity (Wildman–Crippen MR) is 73.8 cm³/mol. The molecule has 0 aliphatic heterocycles. The monoisotopic (exact) mass is 296 g/mol. The van der Waals surface area contributed by atoms with E-state index in [4.69, 9.17) is 5.73 Å². The minimum Gasteiger partial charge on any atom is -0.399 e. The Hall–Kier alpha value is -1.03. The highest BCUT2D eigenvalue weighted by atomic mass is 79.9. The van der Waals surface area contributed by atoms with E-state index in [1.807, 2.05) is 13.0 Å². The lowest BCUT2D eigenvalue weighted by Crippen LogP contribution is -2.30. The van der Waals surface area contributed by atoms with Crippen LogP contribution in [0.1, 0.15) is 32.6 Å². The second-order valence-corrected chi connectivity index (χ2v) is 5.82. The number of carbonyl (C=O) groups is 1. The Labute approximate surface area is 110 Å². The highest BCUT2D eigenvalue weighted by Crippen LogP contribution is 2.39. The van der Waals surface area contributed by atoms with Crippen LogP contribution in [0.4, 0.5) is 11.4 Å². The lowest BCUT2D eigenvalue weighted by Gasteiger charge is -2.22. The third-order valence-electron chi connectivity index (χ3n) is 3.49. The fourth-order valence-electron chi connectivity index (χ4n) is 2.29. The molecule has 1 aromatic carbocycles. The van der Waals surface area contributed by atoms with Crippen molar-refractivity contribution in [3.05, 3.63) is 22.7 Å². The molecule has 3 N–H and O–H groups in total. The molecule has 0 saturated heterocycles. The van der Waals surface area contributed by atoms with Gasteiger partial charge in [0.15, 0.2) is 0 Å². The maximum atomic E-state index is 12.2. The van der Waals surface area contributed by atoms with Crippen LogP contribution in [0.2, 0.25) is 0 Å². The molecule has 1 saturated carbocycles. The molecule has 3 nitrogen and oxygen atoms in total. The molecule has 1 amide bonds. The Morgan fingerprint density at radius 1 is 1.41 bits per heavy atom. The number of benzene rings is 1. The van der Waals surface area contributed by atoms with E-state index in [1.54, 1.807) is 12.1 Å². The van der Waals surface area contributed by atoms with Gasteiger partial charge >= 0.3 is 0 Å². The number of rotatable bonds is 2. The normalized spacial score (nSPS) is 18.0. The van der Waals surface area contributed by atoms with Gasteiger partial charge in [0, 0.05) is 15.6 Å². The summed E-state index contributed by atoms with van der Waals surface area (Å²) in [7, 11) is 0. The largest absolute Gasteiger partial charge is 0.399 e. The molecule has 1 aliphatic rings. The SMILES string of the molecule is CC1(C(=O)Nc2cc(N)ccc2Br)CCCC1. The van der Waals surface area contributed by atoms with E-state index >= 15 is 0 Å². The third-order valence-corrected chi connectivity index (χ3v) is 4.19. The summed E-state index contributed by atoms with van der Waals surface area (Å²) in [6, 6.07) is 5.43. The average Bonchev–Trinajstić information content (AvgIpc) is 2.72. The maximum absolute atomic E-state index is 12.2. The molecular weight excluding hydrogens is 280 g/mol. The summed E-state index contributed by atoms with van der Waals surface area (Å²) in [6.07, 6.45) is 4.22. The number of anilines is 2. The highest BCUT2D eigenvalue weighted by Gasteiger charge is 2.36. The van der Waals surface area contributed by atoms with Gasteiger partial charge in [-0.15, -0.1) is 0 Å². The molecule has 1 aromatic rings. The van der Waals surface area contributed by atoms with Crippen LogP contribution in [0, 0.1) is 5.41 Å². The molecule has 0 aromatic heterocycles. The van der Waals surface area contributed by atoms with Gasteiger partial charge in [0.25, 0.3) is 0 Å². The standard InChI is InChI=1S/C13H17BrN2O/c1-13(6-2-3-7-13)12(17)16-11-8-9(15)4-5-10(11)14/h4-5,8H,2-3,6-7,15H2,1H3,(H,16,17). The van der Waals surface area contributed by atoms with Crippen LogP contribution in [0.25, 0.3) is 0 Å². The Kier molecular flexibility index (Phi) is 3.43. The molecule has 0 radical (unpaired) electrons. The highest BCUT2D eigenvalue weighted by molar-refractivity contribution is 9.10. The van der Waals surface area contributed by atoms with Gasteiger partial charge < -0.3 is 11.1 Å². The summed E-state index contributed by atoms with van der Waals surface area (Å²) in [5.41, 5.74) is 6.91. The first-order valence-corrected chi connectivity index (χ1v) is 6.67. The first-order valence-electron chi connectivity index (χ1n) is 5.88. The summed E-state index contributed by atoms with van der Waals surface area (Å²) in [4.78, 5) is 12.2. The van der Waals surface area contributed by atoms with E-state index in [1.165, 1.54) is 0 Å². The van der Waals surface area contributed by atoms with Crippen molar-refractivity contribution in [2.45, 2.75) is 32.6 Å². The summed E-state index contributed by atoms with van der Waals surface area (Å²) >= 11 is 3.41. The fraction of sp³-hybridized carbons (Fsp3) is 0.462. The second kappa shape index (κ2) is 4.69. The zero-order valence-corrected chi connectivity index (χ0v) is 11.5. The van der Waals surface area contributed by atoms with Crippen molar-refractivity contribution in [3.63, 3.8) is 0 Å². The van der Waals surface area contributed by atoms with Crippen LogP contribution in [0.3, 0.4) is 0 Å². The smallest absolute Gasteiger partial charge is 0.230 e. The van der Waals surface area contributed by atoms with E-state index < -0.39 is 0 Å². The average molecular weight is 297 g/mol. The van der Waals surface area contributed by atoms with Crippen molar-refractivity contribution in [1.29, 1.82) is 0 Å². The van der Waals surface area contributed by atoms with E-state index in [0.717, 1.165) is 35.8 Å². The zero-order valence-electron chi connectivity index (χ0n) is 9.92. The fourth-order valence-corrected chi connectivity index (χ4v) is 2.64. The maximum Gasteiger partial charge on any atom is 0.230 e. The molecule has 17 heavy (non-hydrogen) atoms. The third kappa shape index (κ3) is 2.63. The first-order chi connectivity index (χ1) is 8.01. The Bertz CT molecular complexity index is 439. The second-order valence-electron chi connectivity index (χ2n) is 4.96. The molecule has 4 heteroatoms. The number of nitrogens with two attached hydrogens (primary N) is 1.